The van der Waals surface area contributed by atoms with Gasteiger partial charge in [-0.2, -0.15) is 32.5 Å². The fraction of sp³-hybridized carbons (Fsp3) is 0.286. The highest BCUT2D eigenvalue weighted by atomic mass is 32.2. The summed E-state index contributed by atoms with van der Waals surface area (Å²) in [7, 11) is -3.56. The van der Waals surface area contributed by atoms with Gasteiger partial charge < -0.3 is 9.47 Å². The quantitative estimate of drug-likeness (QED) is 0.626. The number of methoxy groups -OCH3 is 1. The van der Waals surface area contributed by atoms with E-state index in [1.807, 2.05) is 5.32 Å². The summed E-state index contributed by atoms with van der Waals surface area (Å²) in [5.74, 6) is -1.31. The number of anilines is 1. The fourth-order valence-corrected chi connectivity index (χ4v) is 2.89. The third-order valence-electron chi connectivity index (χ3n) is 3.00. The van der Waals surface area contributed by atoms with Crippen molar-refractivity contribution in [1.29, 1.82) is 0 Å². The van der Waals surface area contributed by atoms with Crippen LogP contribution in [0.1, 0.15) is 5.82 Å². The van der Waals surface area contributed by atoms with Crippen LogP contribution in [-0.4, -0.2) is 49.0 Å². The van der Waals surface area contributed by atoms with Gasteiger partial charge in [0.05, 0.1) is 7.11 Å². The molecule has 0 spiro atoms. The lowest BCUT2D eigenvalue weighted by Crippen LogP contribution is -2.37. The zero-order valence-corrected chi connectivity index (χ0v) is 15.5. The summed E-state index contributed by atoms with van der Waals surface area (Å²) < 4.78 is 85.8. The molecule has 0 aliphatic carbocycles. The van der Waals surface area contributed by atoms with Crippen LogP contribution in [0.25, 0.3) is 0 Å². The van der Waals surface area contributed by atoms with Gasteiger partial charge in [-0.25, -0.2) is 17.9 Å². The van der Waals surface area contributed by atoms with Crippen LogP contribution in [0.15, 0.2) is 29.2 Å². The molecule has 0 aliphatic rings. The first-order valence-electron chi connectivity index (χ1n) is 7.49. The second kappa shape index (κ2) is 8.42. The van der Waals surface area contributed by atoms with Crippen molar-refractivity contribution >= 4 is 22.0 Å². The van der Waals surface area contributed by atoms with Crippen molar-refractivity contribution in [1.82, 2.24) is 19.7 Å². The molecule has 1 aromatic heterocycles. The number of sulfonamides is 1. The first-order valence-corrected chi connectivity index (χ1v) is 8.97. The lowest BCUT2D eigenvalue weighted by atomic mass is 10.3. The number of carbonyl (C=O) groups is 1. The summed E-state index contributed by atoms with van der Waals surface area (Å²) in [5.41, 5.74) is 0. The molecule has 158 valence electrons. The molecule has 10 nitrogen and oxygen atoms in total. The van der Waals surface area contributed by atoms with Crippen LogP contribution in [-0.2, 0) is 10.0 Å². The Bertz CT molecular complexity index is 1010. The molecule has 15 heteroatoms. The van der Waals surface area contributed by atoms with Gasteiger partial charge in [-0.05, 0) is 19.1 Å². The predicted molar refractivity (Wildman–Crippen MR) is 88.5 cm³/mol. The number of aryl methyl sites for hydroxylation is 1. The average Bonchev–Trinajstić information content (AvgIpc) is 2.60. The molecule has 0 fully saturated rings. The average molecular weight is 439 g/mol. The van der Waals surface area contributed by atoms with E-state index in [0.29, 0.717) is 0 Å². The highest BCUT2D eigenvalue weighted by molar-refractivity contribution is 7.90. The molecule has 0 aliphatic heterocycles. The number of carbonyl (C=O) groups excluding carboxylic acids is 1. The molecule has 29 heavy (non-hydrogen) atoms. The van der Waals surface area contributed by atoms with Gasteiger partial charge >= 0.3 is 24.6 Å². The van der Waals surface area contributed by atoms with Gasteiger partial charge in [0.1, 0.15) is 16.5 Å². The monoisotopic (exact) mass is 439 g/mol. The minimum absolute atomic E-state index is 0.142. The Labute approximate surface area is 161 Å². The maximum Gasteiger partial charge on any atom is 0.461 e. The molecule has 0 radical (unpaired) electrons. The van der Waals surface area contributed by atoms with Crippen molar-refractivity contribution in [3.05, 3.63) is 30.1 Å². The number of halogens is 4. The van der Waals surface area contributed by atoms with Crippen LogP contribution in [0, 0.1) is 6.92 Å². The van der Waals surface area contributed by atoms with E-state index in [2.05, 4.69) is 19.7 Å². The van der Waals surface area contributed by atoms with Gasteiger partial charge in [-0.3, -0.25) is 5.32 Å². The van der Waals surface area contributed by atoms with Crippen molar-refractivity contribution in [2.75, 3.05) is 12.4 Å². The molecule has 1 heterocycles. The summed E-state index contributed by atoms with van der Waals surface area (Å²) in [6.45, 7) is 1.45. The van der Waals surface area contributed by atoms with Crippen LogP contribution in [0.4, 0.5) is 28.3 Å². The fourth-order valence-electron chi connectivity index (χ4n) is 1.86. The second-order valence-corrected chi connectivity index (χ2v) is 6.81. The molecule has 2 aromatic rings. The zero-order chi connectivity index (χ0) is 21.8. The van der Waals surface area contributed by atoms with E-state index in [4.69, 9.17) is 4.74 Å². The molecule has 0 saturated heterocycles. The highest BCUT2D eigenvalue weighted by Crippen LogP contribution is 2.31. The third-order valence-corrected chi connectivity index (χ3v) is 4.37. The molecule has 1 aromatic carbocycles. The van der Waals surface area contributed by atoms with Gasteiger partial charge in [0.2, 0.25) is 5.95 Å². The van der Waals surface area contributed by atoms with Crippen molar-refractivity contribution in [3.63, 3.8) is 0 Å². The summed E-state index contributed by atoms with van der Waals surface area (Å²) in [6.07, 6.45) is -9.16. The molecular weight excluding hydrogens is 426 g/mol. The number of hydrogen-bond acceptors (Lipinski definition) is 8. The SMILES string of the molecule is COc1nc(C)nc(NC(=O)NS(=O)(=O)c2ccccc2OC(F)(F)C(F)F)n1. The predicted octanol–water partition coefficient (Wildman–Crippen LogP) is 1.94. The largest absolute Gasteiger partial charge is 0.467 e. The van der Waals surface area contributed by atoms with E-state index in [1.54, 1.807) is 0 Å². The van der Waals surface area contributed by atoms with E-state index in [-0.39, 0.29) is 17.8 Å². The Morgan fingerprint density at radius 3 is 2.45 bits per heavy atom. The van der Waals surface area contributed by atoms with Crippen molar-refractivity contribution in [2.24, 2.45) is 0 Å². The Kier molecular flexibility index (Phi) is 6.41. The Hall–Kier alpha value is -3.23. The van der Waals surface area contributed by atoms with E-state index < -0.39 is 39.2 Å². The highest BCUT2D eigenvalue weighted by Gasteiger charge is 2.45. The molecule has 0 unspecified atom stereocenters. The second-order valence-electron chi connectivity index (χ2n) is 5.16. The number of nitrogens with one attached hydrogen (secondary N) is 2. The number of amides is 2. The molecule has 0 bridgehead atoms. The van der Waals surface area contributed by atoms with Gasteiger partial charge in [0, 0.05) is 0 Å². The number of urea groups is 1. The van der Waals surface area contributed by atoms with Crippen molar-refractivity contribution in [3.8, 4) is 11.8 Å². The normalized spacial score (nSPS) is 11.8. The lowest BCUT2D eigenvalue weighted by Gasteiger charge is -2.19. The number of nitrogens with zero attached hydrogens (tertiary/aromatic N) is 3. The number of ether oxygens (including phenoxy) is 2. The number of para-hydroxylation sites is 1. The van der Waals surface area contributed by atoms with E-state index in [1.165, 1.54) is 18.8 Å². The summed E-state index contributed by atoms with van der Waals surface area (Å²) in [6, 6.07) is 2.17. The number of alkyl halides is 4. The summed E-state index contributed by atoms with van der Waals surface area (Å²) in [5, 5.41) is 1.99. The number of rotatable bonds is 7. The first kappa shape index (κ1) is 22.1. The first-order chi connectivity index (χ1) is 13.4. The molecule has 2 amide bonds. The molecule has 0 saturated carbocycles. The number of hydrogen-bond donors (Lipinski definition) is 2. The standard InChI is InChI=1S/C14H13F4N5O5S/c1-7-19-11(22-13(20-7)27-2)21-12(24)23-29(25,26)9-6-4-3-5-8(9)28-14(17,18)10(15)16/h3-6,10H,1-2H3,(H2,19,20,21,22,23,24). The van der Waals surface area contributed by atoms with Crippen LogP contribution in [0.2, 0.25) is 0 Å². The summed E-state index contributed by atoms with van der Waals surface area (Å²) in [4.78, 5) is 22.1. The maximum atomic E-state index is 13.2. The Morgan fingerprint density at radius 2 is 1.83 bits per heavy atom. The summed E-state index contributed by atoms with van der Waals surface area (Å²) >= 11 is 0. The van der Waals surface area contributed by atoms with Crippen molar-refractivity contribution < 1.29 is 40.2 Å². The third kappa shape index (κ3) is 5.63. The van der Waals surface area contributed by atoms with Crippen LogP contribution >= 0.6 is 0 Å². The molecule has 0 atom stereocenters. The van der Waals surface area contributed by atoms with Gasteiger partial charge in [0.15, 0.2) is 0 Å². The maximum absolute atomic E-state index is 13.2. The number of benzene rings is 1. The Morgan fingerprint density at radius 1 is 1.17 bits per heavy atom. The van der Waals surface area contributed by atoms with Crippen molar-refractivity contribution in [2.45, 2.75) is 24.4 Å². The van der Waals surface area contributed by atoms with E-state index in [0.717, 1.165) is 24.3 Å². The zero-order valence-electron chi connectivity index (χ0n) is 14.7. The van der Waals surface area contributed by atoms with E-state index >= 15 is 0 Å². The van der Waals surface area contributed by atoms with E-state index in [9.17, 15) is 30.8 Å². The Balaban J connectivity index is 2.24. The van der Waals surface area contributed by atoms with Crippen LogP contribution in [0.3, 0.4) is 0 Å². The smallest absolute Gasteiger partial charge is 0.461 e. The van der Waals surface area contributed by atoms with Gasteiger partial charge in [-0.15, -0.1) is 0 Å². The van der Waals surface area contributed by atoms with Crippen LogP contribution < -0.4 is 19.5 Å². The van der Waals surface area contributed by atoms with Gasteiger partial charge in [-0.1, -0.05) is 12.1 Å². The molecular formula is C14H13F4N5O5S. The lowest BCUT2D eigenvalue weighted by molar-refractivity contribution is -0.254. The molecule has 2 N–H and O–H groups in total. The molecule has 2 rings (SSSR count). The van der Waals surface area contributed by atoms with Crippen LogP contribution in [0.5, 0.6) is 11.8 Å². The topological polar surface area (TPSA) is 132 Å². The van der Waals surface area contributed by atoms with Gasteiger partial charge in [0.25, 0.3) is 10.0 Å². The number of aromatic nitrogens is 3. The minimum atomic E-state index is -4.95. The minimum Gasteiger partial charge on any atom is -0.467 e.